The zero-order valence-electron chi connectivity index (χ0n) is 11.9. The molecule has 0 aliphatic carbocycles. The lowest BCUT2D eigenvalue weighted by atomic mass is 10.1. The maximum absolute atomic E-state index is 13.9. The summed E-state index contributed by atoms with van der Waals surface area (Å²) in [4.78, 5) is 22.3. The first-order valence-electron chi connectivity index (χ1n) is 6.53. The number of hydrogen-bond acceptors (Lipinski definition) is 3. The van der Waals surface area contributed by atoms with E-state index in [2.05, 4.69) is 5.10 Å². The van der Waals surface area contributed by atoms with E-state index in [1.54, 1.807) is 6.92 Å². The van der Waals surface area contributed by atoms with Crippen molar-refractivity contribution in [3.05, 3.63) is 51.8 Å². The fraction of sp³-hybridized carbons (Fsp3) is 0.267. The number of aldehydes is 1. The van der Waals surface area contributed by atoms with Gasteiger partial charge in [-0.3, -0.25) is 4.79 Å². The third kappa shape index (κ3) is 2.78. The van der Waals surface area contributed by atoms with Crippen LogP contribution in [0.3, 0.4) is 0 Å². The second-order valence-corrected chi connectivity index (χ2v) is 5.17. The van der Waals surface area contributed by atoms with Gasteiger partial charge in [0.1, 0.15) is 17.1 Å². The smallest absolute Gasteiger partial charge is 0.180 e. The summed E-state index contributed by atoms with van der Waals surface area (Å²) in [5, 5.41) is 4.13. The Morgan fingerprint density at radius 2 is 2.14 bits per heavy atom. The van der Waals surface area contributed by atoms with E-state index < -0.39 is 17.7 Å². The molecule has 4 nitrogen and oxygen atoms in total. The predicted octanol–water partition coefficient (Wildman–Crippen LogP) is 3.37. The Kier molecular flexibility index (Phi) is 4.71. The highest BCUT2D eigenvalue weighted by atomic mass is 35.5. The van der Waals surface area contributed by atoms with Crippen molar-refractivity contribution < 1.29 is 18.4 Å². The molecule has 1 aromatic heterocycles. The standard InChI is InChI=1S/C15H13ClF2N2O2/c1-8(10-4-3-5-12(17)13(10)18)20-15(16)11(6-7-21)14(19-20)9(2)22/h3-5,7-8H,6H2,1-2H3. The van der Waals surface area contributed by atoms with E-state index in [9.17, 15) is 18.4 Å². The zero-order chi connectivity index (χ0) is 16.4. The Balaban J connectivity index is 2.57. The number of carbonyl (C=O) groups excluding carboxylic acids is 2. The molecule has 116 valence electrons. The molecule has 0 spiro atoms. The van der Waals surface area contributed by atoms with Gasteiger partial charge in [-0.15, -0.1) is 0 Å². The summed E-state index contributed by atoms with van der Waals surface area (Å²) in [5.41, 5.74) is 0.394. The lowest BCUT2D eigenvalue weighted by Crippen LogP contribution is -2.12. The van der Waals surface area contributed by atoms with Crippen molar-refractivity contribution in [2.45, 2.75) is 26.3 Å². The normalized spacial score (nSPS) is 12.2. The highest BCUT2D eigenvalue weighted by Crippen LogP contribution is 2.29. The van der Waals surface area contributed by atoms with Crippen LogP contribution in [0.4, 0.5) is 8.78 Å². The second-order valence-electron chi connectivity index (χ2n) is 4.81. The van der Waals surface area contributed by atoms with Crippen molar-refractivity contribution in [3.63, 3.8) is 0 Å². The molecule has 0 N–H and O–H groups in total. The minimum absolute atomic E-state index is 0.0529. The number of benzene rings is 1. The van der Waals surface area contributed by atoms with Crippen LogP contribution in [0, 0.1) is 11.6 Å². The van der Waals surface area contributed by atoms with Crippen LogP contribution in [-0.4, -0.2) is 21.8 Å². The van der Waals surface area contributed by atoms with Gasteiger partial charge in [0.15, 0.2) is 17.4 Å². The van der Waals surface area contributed by atoms with E-state index >= 15 is 0 Å². The van der Waals surface area contributed by atoms with E-state index in [-0.39, 0.29) is 34.2 Å². The van der Waals surface area contributed by atoms with E-state index in [1.165, 1.54) is 23.7 Å². The molecule has 0 aliphatic rings. The Hall–Kier alpha value is -2.08. The molecule has 22 heavy (non-hydrogen) atoms. The van der Waals surface area contributed by atoms with Crippen LogP contribution < -0.4 is 0 Å². The Bertz CT molecular complexity index is 743. The molecular weight excluding hydrogens is 314 g/mol. The van der Waals surface area contributed by atoms with Crippen molar-refractivity contribution >= 4 is 23.7 Å². The van der Waals surface area contributed by atoms with Gasteiger partial charge in [-0.2, -0.15) is 5.10 Å². The van der Waals surface area contributed by atoms with E-state index in [1.807, 2.05) is 0 Å². The molecule has 1 unspecified atom stereocenters. The first-order valence-corrected chi connectivity index (χ1v) is 6.91. The molecule has 1 heterocycles. The summed E-state index contributed by atoms with van der Waals surface area (Å²) < 4.78 is 28.5. The highest BCUT2D eigenvalue weighted by molar-refractivity contribution is 6.31. The minimum Gasteiger partial charge on any atom is -0.303 e. The lowest BCUT2D eigenvalue weighted by Gasteiger charge is -2.15. The van der Waals surface area contributed by atoms with E-state index in [0.717, 1.165) is 6.07 Å². The van der Waals surface area contributed by atoms with Gasteiger partial charge in [-0.25, -0.2) is 13.5 Å². The molecule has 0 saturated heterocycles. The van der Waals surface area contributed by atoms with Gasteiger partial charge in [0.25, 0.3) is 0 Å². The van der Waals surface area contributed by atoms with Crippen LogP contribution in [0.1, 0.15) is 41.5 Å². The van der Waals surface area contributed by atoms with Crippen LogP contribution in [-0.2, 0) is 11.2 Å². The predicted molar refractivity (Wildman–Crippen MR) is 77.2 cm³/mol. The summed E-state index contributed by atoms with van der Waals surface area (Å²) in [6.45, 7) is 2.87. The molecule has 0 aliphatic heterocycles. The summed E-state index contributed by atoms with van der Waals surface area (Å²) in [7, 11) is 0. The van der Waals surface area contributed by atoms with E-state index in [0.29, 0.717) is 6.29 Å². The van der Waals surface area contributed by atoms with Crippen LogP contribution in [0.5, 0.6) is 0 Å². The molecular formula is C15H13ClF2N2O2. The maximum atomic E-state index is 13.9. The average molecular weight is 327 g/mol. The van der Waals surface area contributed by atoms with Crippen molar-refractivity contribution in [2.24, 2.45) is 0 Å². The molecule has 0 fully saturated rings. The zero-order valence-corrected chi connectivity index (χ0v) is 12.7. The first-order chi connectivity index (χ1) is 10.4. The fourth-order valence-corrected chi connectivity index (χ4v) is 2.58. The first kappa shape index (κ1) is 16.3. The van der Waals surface area contributed by atoms with Crippen LogP contribution in [0.25, 0.3) is 0 Å². The SMILES string of the molecule is CC(=O)c1nn(C(C)c2cccc(F)c2F)c(Cl)c1CC=O. The number of hydrogen-bond donors (Lipinski definition) is 0. The Morgan fingerprint density at radius 1 is 1.45 bits per heavy atom. The highest BCUT2D eigenvalue weighted by Gasteiger charge is 2.24. The molecule has 0 bridgehead atoms. The Labute approximate surface area is 130 Å². The summed E-state index contributed by atoms with van der Waals surface area (Å²) >= 11 is 6.16. The minimum atomic E-state index is -0.997. The number of carbonyl (C=O) groups is 2. The molecule has 0 amide bonds. The van der Waals surface area contributed by atoms with E-state index in [4.69, 9.17) is 11.6 Å². The number of aromatic nitrogens is 2. The Morgan fingerprint density at radius 3 is 2.73 bits per heavy atom. The van der Waals surface area contributed by atoms with Gasteiger partial charge in [-0.1, -0.05) is 23.7 Å². The molecule has 1 atom stereocenters. The molecule has 2 aromatic rings. The van der Waals surface area contributed by atoms with Crippen LogP contribution >= 0.6 is 11.6 Å². The third-order valence-corrected chi connectivity index (χ3v) is 3.76. The average Bonchev–Trinajstić information content (AvgIpc) is 2.79. The fourth-order valence-electron chi connectivity index (χ4n) is 2.23. The molecule has 0 radical (unpaired) electrons. The van der Waals surface area contributed by atoms with Crippen molar-refractivity contribution in [1.29, 1.82) is 0 Å². The van der Waals surface area contributed by atoms with Gasteiger partial charge in [0, 0.05) is 24.5 Å². The van der Waals surface area contributed by atoms with Gasteiger partial charge in [-0.05, 0) is 13.0 Å². The van der Waals surface area contributed by atoms with Crippen molar-refractivity contribution in [2.75, 3.05) is 0 Å². The maximum Gasteiger partial charge on any atom is 0.180 e. The van der Waals surface area contributed by atoms with Crippen molar-refractivity contribution in [3.8, 4) is 0 Å². The second kappa shape index (κ2) is 6.36. The summed E-state index contributed by atoms with van der Waals surface area (Å²) in [6.07, 6.45) is 0.527. The summed E-state index contributed by atoms with van der Waals surface area (Å²) in [5.74, 6) is -2.33. The molecule has 1 aromatic carbocycles. The van der Waals surface area contributed by atoms with Gasteiger partial charge >= 0.3 is 0 Å². The van der Waals surface area contributed by atoms with Crippen LogP contribution in [0.2, 0.25) is 5.15 Å². The number of nitrogens with zero attached hydrogens (tertiary/aromatic N) is 2. The number of halogens is 3. The number of Topliss-reactive ketones (excluding diaryl/α,β-unsaturated/α-hetero) is 1. The largest absolute Gasteiger partial charge is 0.303 e. The van der Waals surface area contributed by atoms with Crippen LogP contribution in [0.15, 0.2) is 18.2 Å². The quantitative estimate of drug-likeness (QED) is 0.625. The molecule has 0 saturated carbocycles. The third-order valence-electron chi connectivity index (χ3n) is 3.36. The topological polar surface area (TPSA) is 52.0 Å². The van der Waals surface area contributed by atoms with Gasteiger partial charge in [0.2, 0.25) is 0 Å². The molecule has 7 heteroatoms. The molecule has 2 rings (SSSR count). The van der Waals surface area contributed by atoms with Gasteiger partial charge in [0.05, 0.1) is 6.04 Å². The number of rotatable bonds is 5. The lowest BCUT2D eigenvalue weighted by molar-refractivity contribution is -0.107. The number of ketones is 1. The monoisotopic (exact) mass is 326 g/mol. The summed E-state index contributed by atoms with van der Waals surface area (Å²) in [6, 6.07) is 3.06. The van der Waals surface area contributed by atoms with Crippen molar-refractivity contribution in [1.82, 2.24) is 9.78 Å². The van der Waals surface area contributed by atoms with Gasteiger partial charge < -0.3 is 4.79 Å².